The van der Waals surface area contributed by atoms with Crippen molar-refractivity contribution in [1.29, 1.82) is 0 Å². The summed E-state index contributed by atoms with van der Waals surface area (Å²) in [6.07, 6.45) is 4.79. The molecule has 1 aliphatic heterocycles. The summed E-state index contributed by atoms with van der Waals surface area (Å²) in [5.74, 6) is 0.410. The van der Waals surface area contributed by atoms with Crippen LogP contribution in [0.25, 0.3) is 0 Å². The lowest BCUT2D eigenvalue weighted by atomic mass is 10.0. The molecular formula is C11H17N3O2S. The van der Waals surface area contributed by atoms with Gasteiger partial charge in [0, 0.05) is 25.5 Å². The van der Waals surface area contributed by atoms with E-state index in [9.17, 15) is 8.42 Å². The Morgan fingerprint density at radius 1 is 1.47 bits per heavy atom. The zero-order valence-corrected chi connectivity index (χ0v) is 10.7. The lowest BCUT2D eigenvalue weighted by molar-refractivity contribution is 0.281. The van der Waals surface area contributed by atoms with E-state index in [4.69, 9.17) is 5.73 Å². The highest BCUT2D eigenvalue weighted by Crippen LogP contribution is 2.23. The first-order valence-electron chi connectivity index (χ1n) is 5.71. The third-order valence-electron chi connectivity index (χ3n) is 2.99. The molecule has 6 heteroatoms. The number of nitrogens with zero attached hydrogens (tertiary/aromatic N) is 2. The minimum atomic E-state index is -3.43. The van der Waals surface area contributed by atoms with Crippen LogP contribution in [0, 0.1) is 5.92 Å². The fourth-order valence-corrected chi connectivity index (χ4v) is 3.69. The summed E-state index contributed by atoms with van der Waals surface area (Å²) in [5.41, 5.74) is 5.94. The Kier molecular flexibility index (Phi) is 3.35. The molecule has 94 valence electrons. The number of anilines is 1. The maximum absolute atomic E-state index is 12.3. The third kappa shape index (κ3) is 2.58. The fraction of sp³-hybridized carbons (Fsp3) is 0.545. The molecule has 1 aliphatic rings. The molecule has 1 fully saturated rings. The van der Waals surface area contributed by atoms with Crippen molar-refractivity contribution in [3.63, 3.8) is 0 Å². The first-order valence-corrected chi connectivity index (χ1v) is 7.15. The van der Waals surface area contributed by atoms with Gasteiger partial charge in [0.2, 0.25) is 10.0 Å². The molecule has 0 amide bonds. The zero-order valence-electron chi connectivity index (χ0n) is 9.83. The Hall–Kier alpha value is -1.14. The van der Waals surface area contributed by atoms with Crippen LogP contribution in [-0.4, -0.2) is 30.8 Å². The average Bonchev–Trinajstić information content (AvgIpc) is 2.29. The Morgan fingerprint density at radius 2 is 2.24 bits per heavy atom. The average molecular weight is 255 g/mol. The molecule has 0 saturated carbocycles. The van der Waals surface area contributed by atoms with Gasteiger partial charge >= 0.3 is 0 Å². The van der Waals surface area contributed by atoms with Crippen molar-refractivity contribution >= 4 is 15.7 Å². The summed E-state index contributed by atoms with van der Waals surface area (Å²) in [4.78, 5) is 4.02. The van der Waals surface area contributed by atoms with Gasteiger partial charge in [0.25, 0.3) is 0 Å². The van der Waals surface area contributed by atoms with Crippen LogP contribution in [0.3, 0.4) is 0 Å². The topological polar surface area (TPSA) is 76.3 Å². The molecule has 1 saturated heterocycles. The van der Waals surface area contributed by atoms with Gasteiger partial charge in [-0.3, -0.25) is 4.98 Å². The minimum Gasteiger partial charge on any atom is -0.397 e. The molecule has 0 spiro atoms. The van der Waals surface area contributed by atoms with Gasteiger partial charge in [0.05, 0.1) is 5.69 Å². The van der Waals surface area contributed by atoms with E-state index in [1.54, 1.807) is 0 Å². The monoisotopic (exact) mass is 255 g/mol. The van der Waals surface area contributed by atoms with Gasteiger partial charge in [-0.25, -0.2) is 8.42 Å². The third-order valence-corrected chi connectivity index (χ3v) is 4.82. The van der Waals surface area contributed by atoms with E-state index in [2.05, 4.69) is 11.9 Å². The van der Waals surface area contributed by atoms with Crippen LogP contribution in [0.4, 0.5) is 5.69 Å². The second kappa shape index (κ2) is 4.62. The van der Waals surface area contributed by atoms with Gasteiger partial charge < -0.3 is 5.73 Å². The van der Waals surface area contributed by atoms with Crippen LogP contribution in [0.15, 0.2) is 23.4 Å². The van der Waals surface area contributed by atoms with Gasteiger partial charge in [-0.1, -0.05) is 6.92 Å². The van der Waals surface area contributed by atoms with Crippen LogP contribution in [0.1, 0.15) is 19.8 Å². The van der Waals surface area contributed by atoms with Gasteiger partial charge in [0.1, 0.15) is 4.90 Å². The molecule has 1 unspecified atom stereocenters. The maximum Gasteiger partial charge on any atom is 0.244 e. The Bertz CT molecular complexity index is 501. The molecule has 17 heavy (non-hydrogen) atoms. The van der Waals surface area contributed by atoms with Crippen LogP contribution in [-0.2, 0) is 10.0 Å². The largest absolute Gasteiger partial charge is 0.397 e. The van der Waals surface area contributed by atoms with E-state index in [1.165, 1.54) is 22.8 Å². The van der Waals surface area contributed by atoms with E-state index < -0.39 is 10.0 Å². The number of piperidine rings is 1. The van der Waals surface area contributed by atoms with E-state index in [0.29, 0.717) is 24.7 Å². The zero-order chi connectivity index (χ0) is 12.5. The fourth-order valence-electron chi connectivity index (χ4n) is 2.09. The van der Waals surface area contributed by atoms with Crippen LogP contribution in [0.5, 0.6) is 0 Å². The highest BCUT2D eigenvalue weighted by molar-refractivity contribution is 7.89. The molecule has 0 radical (unpaired) electrons. The summed E-state index contributed by atoms with van der Waals surface area (Å²) in [5, 5.41) is 0. The molecule has 1 atom stereocenters. The van der Waals surface area contributed by atoms with Gasteiger partial charge in [0.15, 0.2) is 0 Å². The summed E-state index contributed by atoms with van der Waals surface area (Å²) in [6.45, 7) is 3.23. The number of hydrogen-bond acceptors (Lipinski definition) is 4. The second-order valence-electron chi connectivity index (χ2n) is 4.56. The molecule has 1 aromatic heterocycles. The van der Waals surface area contributed by atoms with Crippen molar-refractivity contribution < 1.29 is 8.42 Å². The minimum absolute atomic E-state index is 0.187. The Labute approximate surface area is 102 Å². The highest BCUT2D eigenvalue weighted by atomic mass is 32.2. The predicted molar refractivity (Wildman–Crippen MR) is 65.8 cm³/mol. The highest BCUT2D eigenvalue weighted by Gasteiger charge is 2.28. The van der Waals surface area contributed by atoms with Crippen molar-refractivity contribution in [1.82, 2.24) is 9.29 Å². The SMILES string of the molecule is CC1CCCN(S(=O)(=O)c2cncc(N)c2)C1. The molecule has 2 heterocycles. The van der Waals surface area contributed by atoms with Crippen LogP contribution < -0.4 is 5.73 Å². The number of aromatic nitrogens is 1. The van der Waals surface area contributed by atoms with E-state index >= 15 is 0 Å². The predicted octanol–water partition coefficient (Wildman–Crippen LogP) is 1.08. The van der Waals surface area contributed by atoms with E-state index in [1.807, 2.05) is 0 Å². The van der Waals surface area contributed by atoms with Crippen molar-refractivity contribution in [2.45, 2.75) is 24.7 Å². The summed E-state index contributed by atoms with van der Waals surface area (Å²) in [6, 6.07) is 1.46. The molecule has 0 aromatic carbocycles. The smallest absolute Gasteiger partial charge is 0.244 e. The van der Waals surface area contributed by atoms with Crippen LogP contribution in [0.2, 0.25) is 0 Å². The maximum atomic E-state index is 12.3. The van der Waals surface area contributed by atoms with Crippen LogP contribution >= 0.6 is 0 Å². The first kappa shape index (κ1) is 12.3. The number of nitrogen functional groups attached to an aromatic ring is 1. The molecule has 5 nitrogen and oxygen atoms in total. The number of hydrogen-bond donors (Lipinski definition) is 1. The summed E-state index contributed by atoms with van der Waals surface area (Å²) < 4.78 is 26.2. The number of sulfonamides is 1. The van der Waals surface area contributed by atoms with Gasteiger partial charge in [-0.15, -0.1) is 0 Å². The quantitative estimate of drug-likeness (QED) is 0.858. The number of pyridine rings is 1. The molecule has 2 rings (SSSR count). The Morgan fingerprint density at radius 3 is 2.88 bits per heavy atom. The van der Waals surface area contributed by atoms with Crippen molar-refractivity contribution in [3.8, 4) is 0 Å². The van der Waals surface area contributed by atoms with E-state index in [0.717, 1.165) is 12.8 Å². The lowest BCUT2D eigenvalue weighted by Crippen LogP contribution is -2.39. The van der Waals surface area contributed by atoms with Crippen molar-refractivity contribution in [2.24, 2.45) is 5.92 Å². The molecule has 1 aromatic rings. The second-order valence-corrected chi connectivity index (χ2v) is 6.50. The van der Waals surface area contributed by atoms with Crippen molar-refractivity contribution in [3.05, 3.63) is 18.5 Å². The molecule has 0 aliphatic carbocycles. The normalized spacial score (nSPS) is 22.5. The number of nitrogens with two attached hydrogens (primary N) is 1. The Balaban J connectivity index is 2.29. The lowest BCUT2D eigenvalue weighted by Gasteiger charge is -2.29. The first-order chi connectivity index (χ1) is 8.00. The van der Waals surface area contributed by atoms with Gasteiger partial charge in [-0.05, 0) is 24.8 Å². The summed E-state index contributed by atoms with van der Waals surface area (Å²) >= 11 is 0. The number of rotatable bonds is 2. The summed E-state index contributed by atoms with van der Waals surface area (Å²) in [7, 11) is -3.43. The van der Waals surface area contributed by atoms with E-state index in [-0.39, 0.29) is 4.90 Å². The standard InChI is InChI=1S/C11H17N3O2S/c1-9-3-2-4-14(8-9)17(15,16)11-5-10(12)6-13-7-11/h5-7,9H,2-4,8,12H2,1H3. The molecular weight excluding hydrogens is 238 g/mol. The molecule has 2 N–H and O–H groups in total. The van der Waals surface area contributed by atoms with Crippen molar-refractivity contribution in [2.75, 3.05) is 18.8 Å². The van der Waals surface area contributed by atoms with Gasteiger partial charge in [-0.2, -0.15) is 4.31 Å². The molecule has 0 bridgehead atoms.